The zero-order valence-electron chi connectivity index (χ0n) is 9.00. The van der Waals surface area contributed by atoms with Crippen molar-refractivity contribution in [3.63, 3.8) is 0 Å². The first kappa shape index (κ1) is 12.0. The molecule has 0 unspecified atom stereocenters. The standard InChI is InChI=1S/C16H9.Au/c1-2-12-11-13-7-3-4-9-15(13)16-10-6-5-8-14(12)16;/h3-11H;/q-1;+1. The third-order valence-electron chi connectivity index (χ3n) is 2.90. The van der Waals surface area contributed by atoms with E-state index in [0.29, 0.717) is 0 Å². The summed E-state index contributed by atoms with van der Waals surface area (Å²) in [4.78, 5) is 0. The van der Waals surface area contributed by atoms with E-state index in [0.717, 1.165) is 16.3 Å². The Morgan fingerprint density at radius 1 is 0.765 bits per heavy atom. The Morgan fingerprint density at radius 2 is 1.35 bits per heavy atom. The molecule has 17 heavy (non-hydrogen) atoms. The number of hydrogen-bond acceptors (Lipinski definition) is 0. The zero-order valence-corrected chi connectivity index (χ0v) is 11.2. The van der Waals surface area contributed by atoms with Crippen LogP contribution in [0.25, 0.3) is 21.5 Å². The zero-order chi connectivity index (χ0) is 11.0. The van der Waals surface area contributed by atoms with Crippen molar-refractivity contribution in [2.24, 2.45) is 0 Å². The minimum Gasteiger partial charge on any atom is -0.366 e. The van der Waals surface area contributed by atoms with E-state index in [2.05, 4.69) is 24.1 Å². The van der Waals surface area contributed by atoms with Crippen LogP contribution in [0.15, 0.2) is 54.6 Å². The molecule has 0 spiro atoms. The van der Waals surface area contributed by atoms with Crippen LogP contribution in [0.1, 0.15) is 5.56 Å². The molecule has 0 N–H and O–H groups in total. The van der Waals surface area contributed by atoms with Crippen molar-refractivity contribution >= 4 is 21.5 Å². The van der Waals surface area contributed by atoms with Gasteiger partial charge in [0.1, 0.15) is 0 Å². The van der Waals surface area contributed by atoms with Crippen LogP contribution in [0.4, 0.5) is 0 Å². The van der Waals surface area contributed by atoms with Crippen LogP contribution in [0, 0.1) is 12.3 Å². The summed E-state index contributed by atoms with van der Waals surface area (Å²) in [5.41, 5.74) is 0.856. The smallest absolute Gasteiger partial charge is 0.366 e. The Bertz CT molecular complexity index is 720. The third-order valence-corrected chi connectivity index (χ3v) is 2.90. The van der Waals surface area contributed by atoms with Gasteiger partial charge in [-0.1, -0.05) is 53.9 Å². The quantitative estimate of drug-likeness (QED) is 0.233. The summed E-state index contributed by atoms with van der Waals surface area (Å²) in [5.74, 6) is 2.51. The van der Waals surface area contributed by atoms with E-state index in [1.54, 1.807) is 0 Å². The van der Waals surface area contributed by atoms with Crippen LogP contribution in [0.5, 0.6) is 0 Å². The molecule has 0 radical (unpaired) electrons. The van der Waals surface area contributed by atoms with Crippen LogP contribution in [-0.2, 0) is 22.4 Å². The van der Waals surface area contributed by atoms with Crippen LogP contribution in [0.3, 0.4) is 0 Å². The van der Waals surface area contributed by atoms with E-state index < -0.39 is 0 Å². The molecule has 0 aliphatic carbocycles. The maximum absolute atomic E-state index is 7.35. The summed E-state index contributed by atoms with van der Waals surface area (Å²) in [6, 6.07) is 18.4. The van der Waals surface area contributed by atoms with Gasteiger partial charge < -0.3 is 6.42 Å². The topological polar surface area (TPSA) is 0 Å². The van der Waals surface area contributed by atoms with Crippen LogP contribution < -0.4 is 0 Å². The molecule has 0 heterocycles. The Labute approximate surface area is 116 Å². The Hall–Kier alpha value is -1.52. The van der Waals surface area contributed by atoms with Crippen LogP contribution >= 0.6 is 0 Å². The van der Waals surface area contributed by atoms with E-state index in [1.807, 2.05) is 36.4 Å². The SMILES string of the molecule is [Au+].[C-]#Cc1cc2ccccc2c2ccccc12. The van der Waals surface area contributed by atoms with E-state index >= 15 is 0 Å². The molecule has 0 amide bonds. The fourth-order valence-electron chi connectivity index (χ4n) is 2.16. The first-order chi connectivity index (χ1) is 7.90. The molecular formula is C16H9Au. The molecule has 0 aliphatic rings. The molecule has 0 aromatic heterocycles. The maximum atomic E-state index is 7.35. The minimum atomic E-state index is 0. The monoisotopic (exact) mass is 398 g/mol. The van der Waals surface area contributed by atoms with Crippen LogP contribution in [0.2, 0.25) is 0 Å². The van der Waals surface area contributed by atoms with E-state index in [1.165, 1.54) is 10.8 Å². The van der Waals surface area contributed by atoms with Crippen molar-refractivity contribution in [2.45, 2.75) is 0 Å². The van der Waals surface area contributed by atoms with Crippen molar-refractivity contribution in [1.29, 1.82) is 0 Å². The second-order valence-corrected chi connectivity index (χ2v) is 3.82. The molecule has 0 aliphatic heterocycles. The van der Waals surface area contributed by atoms with Gasteiger partial charge in [-0.15, -0.1) is 11.6 Å². The predicted molar refractivity (Wildman–Crippen MR) is 67.7 cm³/mol. The maximum Gasteiger partial charge on any atom is 1.00 e. The summed E-state index contributed by atoms with van der Waals surface area (Å²) in [7, 11) is 0. The molecule has 3 aromatic carbocycles. The molecule has 3 rings (SSSR count). The fraction of sp³-hybridized carbons (Fsp3) is 0. The van der Waals surface area contributed by atoms with Gasteiger partial charge in [-0.05, 0) is 16.2 Å². The number of fused-ring (bicyclic) bond motifs is 3. The van der Waals surface area contributed by atoms with Gasteiger partial charge >= 0.3 is 22.4 Å². The molecule has 0 saturated heterocycles. The van der Waals surface area contributed by atoms with Crippen molar-refractivity contribution in [2.75, 3.05) is 0 Å². The molecule has 0 atom stereocenters. The molecule has 0 fully saturated rings. The van der Waals surface area contributed by atoms with Crippen molar-refractivity contribution in [3.05, 3.63) is 66.6 Å². The van der Waals surface area contributed by atoms with Crippen molar-refractivity contribution < 1.29 is 22.4 Å². The fourth-order valence-corrected chi connectivity index (χ4v) is 2.16. The molecule has 0 nitrogen and oxygen atoms in total. The largest absolute Gasteiger partial charge is 1.00 e. The van der Waals surface area contributed by atoms with Gasteiger partial charge in [0.15, 0.2) is 0 Å². The average molecular weight is 398 g/mol. The summed E-state index contributed by atoms with van der Waals surface area (Å²) in [6.07, 6.45) is 7.35. The van der Waals surface area contributed by atoms with E-state index in [-0.39, 0.29) is 22.4 Å². The third kappa shape index (κ3) is 1.90. The van der Waals surface area contributed by atoms with Gasteiger partial charge in [-0.25, -0.2) is 0 Å². The summed E-state index contributed by atoms with van der Waals surface area (Å²) in [5, 5.41) is 4.68. The number of rotatable bonds is 0. The van der Waals surface area contributed by atoms with Crippen molar-refractivity contribution in [3.8, 4) is 5.92 Å². The molecule has 1 heteroatoms. The molecular weight excluding hydrogens is 389 g/mol. The molecule has 0 saturated carbocycles. The predicted octanol–water partition coefficient (Wildman–Crippen LogP) is 3.93. The Morgan fingerprint density at radius 3 is 2.06 bits per heavy atom. The van der Waals surface area contributed by atoms with Gasteiger partial charge in [-0.2, -0.15) is 0 Å². The first-order valence-electron chi connectivity index (χ1n) is 5.23. The van der Waals surface area contributed by atoms with E-state index in [9.17, 15) is 0 Å². The summed E-state index contributed by atoms with van der Waals surface area (Å²) < 4.78 is 0. The summed E-state index contributed by atoms with van der Waals surface area (Å²) >= 11 is 0. The van der Waals surface area contributed by atoms with Gasteiger partial charge in [0.25, 0.3) is 0 Å². The second kappa shape index (κ2) is 4.77. The molecule has 0 bridgehead atoms. The Balaban J connectivity index is 0.00000108. The van der Waals surface area contributed by atoms with Crippen LogP contribution in [-0.4, -0.2) is 0 Å². The summed E-state index contributed by atoms with van der Waals surface area (Å²) in [6.45, 7) is 0. The second-order valence-electron chi connectivity index (χ2n) is 3.82. The van der Waals surface area contributed by atoms with Gasteiger partial charge in [-0.3, -0.25) is 5.92 Å². The molecule has 84 valence electrons. The first-order valence-corrected chi connectivity index (χ1v) is 5.23. The minimum absolute atomic E-state index is 0. The normalized spacial score (nSPS) is 9.82. The van der Waals surface area contributed by atoms with Gasteiger partial charge in [0.05, 0.1) is 0 Å². The Kier molecular flexibility index (Phi) is 3.36. The molecule has 3 aromatic rings. The van der Waals surface area contributed by atoms with E-state index in [4.69, 9.17) is 6.42 Å². The van der Waals surface area contributed by atoms with Crippen molar-refractivity contribution in [1.82, 2.24) is 0 Å². The van der Waals surface area contributed by atoms with Gasteiger partial charge in [0.2, 0.25) is 0 Å². The number of benzene rings is 3. The number of hydrogen-bond donors (Lipinski definition) is 0. The van der Waals surface area contributed by atoms with Gasteiger partial charge in [0, 0.05) is 0 Å². The average Bonchev–Trinajstić information content (AvgIpc) is 2.38.